The first-order valence-corrected chi connectivity index (χ1v) is 8.18. The Labute approximate surface area is 135 Å². The number of halogens is 1. The molecule has 0 aliphatic heterocycles. The lowest BCUT2D eigenvalue weighted by atomic mass is 9.95. The summed E-state index contributed by atoms with van der Waals surface area (Å²) in [6.45, 7) is 4.15. The van der Waals surface area contributed by atoms with Crippen molar-refractivity contribution in [1.82, 2.24) is 5.32 Å². The molecule has 1 unspecified atom stereocenters. The van der Waals surface area contributed by atoms with Crippen LogP contribution in [0.15, 0.2) is 18.2 Å². The molecule has 5 heteroatoms. The molecule has 0 saturated heterocycles. The zero-order valence-corrected chi connectivity index (χ0v) is 14.7. The maximum absolute atomic E-state index is 12.2. The van der Waals surface area contributed by atoms with Gasteiger partial charge < -0.3 is 14.8 Å². The van der Waals surface area contributed by atoms with Gasteiger partial charge in [0.2, 0.25) is 5.91 Å². The van der Waals surface area contributed by atoms with Crippen LogP contribution in [-0.4, -0.2) is 31.0 Å². The summed E-state index contributed by atoms with van der Waals surface area (Å²) < 4.78 is 10.5. The van der Waals surface area contributed by atoms with Crippen molar-refractivity contribution < 1.29 is 14.3 Å². The average molecular weight is 358 g/mol. The summed E-state index contributed by atoms with van der Waals surface area (Å²) in [6.07, 6.45) is 2.13. The monoisotopic (exact) mass is 357 g/mol. The topological polar surface area (TPSA) is 47.6 Å². The summed E-state index contributed by atoms with van der Waals surface area (Å²) in [5, 5.41) is 3.99. The van der Waals surface area contributed by atoms with Crippen molar-refractivity contribution in [2.75, 3.05) is 19.5 Å². The number of hydrogen-bond acceptors (Lipinski definition) is 3. The number of methoxy groups -OCH3 is 2. The number of hydrogen-bond donors (Lipinski definition) is 1. The largest absolute Gasteiger partial charge is 0.493 e. The minimum absolute atomic E-state index is 0.0209. The summed E-state index contributed by atoms with van der Waals surface area (Å²) in [6, 6.07) is 5.54. The van der Waals surface area contributed by atoms with Gasteiger partial charge in [0, 0.05) is 10.9 Å². The number of carbonyl (C=O) groups excluding carboxylic acids is 1. The molecule has 0 saturated carbocycles. The Kier molecular flexibility index (Phi) is 7.02. The third kappa shape index (κ3) is 5.23. The van der Waals surface area contributed by atoms with Gasteiger partial charge in [0.15, 0.2) is 11.5 Å². The number of alkyl halides is 1. The quantitative estimate of drug-likeness (QED) is 0.726. The summed E-state index contributed by atoms with van der Waals surface area (Å²) in [4.78, 5) is 12.2. The Morgan fingerprint density at radius 2 is 1.95 bits per heavy atom. The molecular formula is C16H24BrNO3. The Balaban J connectivity index is 2.74. The molecular weight excluding hydrogens is 334 g/mol. The van der Waals surface area contributed by atoms with E-state index in [4.69, 9.17) is 9.47 Å². The molecule has 4 nitrogen and oxygen atoms in total. The van der Waals surface area contributed by atoms with Crippen molar-refractivity contribution in [2.45, 2.75) is 38.6 Å². The van der Waals surface area contributed by atoms with E-state index in [0.717, 1.165) is 23.7 Å². The minimum atomic E-state index is -0.170. The highest BCUT2D eigenvalue weighted by molar-refractivity contribution is 9.09. The van der Waals surface area contributed by atoms with Gasteiger partial charge in [-0.25, -0.2) is 0 Å². The van der Waals surface area contributed by atoms with Crippen LogP contribution in [-0.2, 0) is 11.2 Å². The Hall–Kier alpha value is -1.23. The van der Waals surface area contributed by atoms with Crippen molar-refractivity contribution in [2.24, 2.45) is 0 Å². The highest BCUT2D eigenvalue weighted by atomic mass is 79.9. The molecule has 0 heterocycles. The van der Waals surface area contributed by atoms with E-state index in [1.807, 2.05) is 18.2 Å². The molecule has 118 valence electrons. The molecule has 0 aromatic heterocycles. The highest BCUT2D eigenvalue weighted by Gasteiger charge is 2.23. The molecule has 1 N–H and O–H groups in total. The van der Waals surface area contributed by atoms with Crippen LogP contribution >= 0.6 is 15.9 Å². The summed E-state index contributed by atoms with van der Waals surface area (Å²) in [7, 11) is 3.18. The number of rotatable bonds is 8. The molecule has 0 spiro atoms. The Morgan fingerprint density at radius 1 is 1.29 bits per heavy atom. The van der Waals surface area contributed by atoms with Crippen molar-refractivity contribution in [3.05, 3.63) is 23.8 Å². The van der Waals surface area contributed by atoms with Gasteiger partial charge in [0.05, 0.1) is 20.6 Å². The molecule has 0 aliphatic carbocycles. The first-order valence-electron chi connectivity index (χ1n) is 7.06. The fourth-order valence-electron chi connectivity index (χ4n) is 2.09. The van der Waals surface area contributed by atoms with Crippen LogP contribution in [0.5, 0.6) is 11.5 Å². The van der Waals surface area contributed by atoms with Gasteiger partial charge >= 0.3 is 0 Å². The SMILES string of the molecule is CCC(C)(CCBr)NC(=O)Cc1ccc(OC)c(OC)c1. The number of carbonyl (C=O) groups is 1. The van der Waals surface area contributed by atoms with Crippen molar-refractivity contribution in [3.8, 4) is 11.5 Å². The van der Waals surface area contributed by atoms with Gasteiger partial charge in [-0.1, -0.05) is 28.9 Å². The predicted octanol–water partition coefficient (Wildman–Crippen LogP) is 3.32. The van der Waals surface area contributed by atoms with Crippen molar-refractivity contribution in [1.29, 1.82) is 0 Å². The Morgan fingerprint density at radius 3 is 2.48 bits per heavy atom. The predicted molar refractivity (Wildman–Crippen MR) is 88.5 cm³/mol. The van der Waals surface area contributed by atoms with Crippen LogP contribution in [0.2, 0.25) is 0 Å². The van der Waals surface area contributed by atoms with E-state index in [1.165, 1.54) is 0 Å². The molecule has 1 atom stereocenters. The fraction of sp³-hybridized carbons (Fsp3) is 0.562. The zero-order valence-electron chi connectivity index (χ0n) is 13.2. The van der Waals surface area contributed by atoms with Crippen LogP contribution < -0.4 is 14.8 Å². The molecule has 1 aromatic rings. The van der Waals surface area contributed by atoms with Crippen LogP contribution in [0, 0.1) is 0 Å². The third-order valence-electron chi connectivity index (χ3n) is 3.68. The van der Waals surface area contributed by atoms with E-state index in [9.17, 15) is 4.79 Å². The van der Waals surface area contributed by atoms with E-state index in [1.54, 1.807) is 14.2 Å². The van der Waals surface area contributed by atoms with Gasteiger partial charge in [-0.3, -0.25) is 4.79 Å². The standard InChI is InChI=1S/C16H24BrNO3/c1-5-16(2,8-9-17)18-15(19)11-12-6-7-13(20-3)14(10-12)21-4/h6-7,10H,5,8-9,11H2,1-4H3,(H,18,19). The Bertz CT molecular complexity index is 479. The normalized spacial score (nSPS) is 13.4. The van der Waals surface area contributed by atoms with Crippen LogP contribution in [0.4, 0.5) is 0 Å². The van der Waals surface area contributed by atoms with Gasteiger partial charge in [-0.05, 0) is 37.5 Å². The lowest BCUT2D eigenvalue weighted by Crippen LogP contribution is -2.46. The average Bonchev–Trinajstić information content (AvgIpc) is 2.47. The lowest BCUT2D eigenvalue weighted by molar-refractivity contribution is -0.122. The molecule has 1 aromatic carbocycles. The number of nitrogens with one attached hydrogen (secondary N) is 1. The smallest absolute Gasteiger partial charge is 0.224 e. The van der Waals surface area contributed by atoms with E-state index in [0.29, 0.717) is 17.9 Å². The zero-order chi connectivity index (χ0) is 15.9. The van der Waals surface area contributed by atoms with E-state index < -0.39 is 0 Å². The highest BCUT2D eigenvalue weighted by Crippen LogP contribution is 2.27. The second-order valence-corrected chi connectivity index (χ2v) is 6.06. The molecule has 0 bridgehead atoms. The number of ether oxygens (including phenoxy) is 2. The van der Waals surface area contributed by atoms with Gasteiger partial charge in [-0.2, -0.15) is 0 Å². The number of benzene rings is 1. The van der Waals surface area contributed by atoms with Crippen LogP contribution in [0.1, 0.15) is 32.3 Å². The molecule has 0 fully saturated rings. The maximum Gasteiger partial charge on any atom is 0.224 e. The van der Waals surface area contributed by atoms with E-state index in [-0.39, 0.29) is 11.4 Å². The maximum atomic E-state index is 12.2. The molecule has 0 radical (unpaired) electrons. The molecule has 1 amide bonds. The lowest BCUT2D eigenvalue weighted by Gasteiger charge is -2.29. The van der Waals surface area contributed by atoms with Gasteiger partial charge in [0.1, 0.15) is 0 Å². The summed E-state index contributed by atoms with van der Waals surface area (Å²) >= 11 is 3.44. The summed E-state index contributed by atoms with van der Waals surface area (Å²) in [5.41, 5.74) is 0.736. The summed E-state index contributed by atoms with van der Waals surface area (Å²) in [5.74, 6) is 1.33. The van der Waals surface area contributed by atoms with Crippen molar-refractivity contribution >= 4 is 21.8 Å². The number of amides is 1. The second-order valence-electron chi connectivity index (χ2n) is 5.27. The van der Waals surface area contributed by atoms with E-state index in [2.05, 4.69) is 35.1 Å². The molecule has 0 aliphatic rings. The second kappa shape index (κ2) is 8.27. The van der Waals surface area contributed by atoms with Crippen molar-refractivity contribution in [3.63, 3.8) is 0 Å². The first-order chi connectivity index (χ1) is 9.97. The molecule has 1 rings (SSSR count). The van der Waals surface area contributed by atoms with Crippen LogP contribution in [0.3, 0.4) is 0 Å². The van der Waals surface area contributed by atoms with E-state index >= 15 is 0 Å². The third-order valence-corrected chi connectivity index (χ3v) is 4.08. The minimum Gasteiger partial charge on any atom is -0.493 e. The van der Waals surface area contributed by atoms with Gasteiger partial charge in [0.25, 0.3) is 0 Å². The first kappa shape index (κ1) is 17.8. The van der Waals surface area contributed by atoms with Gasteiger partial charge in [-0.15, -0.1) is 0 Å². The fourth-order valence-corrected chi connectivity index (χ4v) is 2.97. The van der Waals surface area contributed by atoms with Crippen LogP contribution in [0.25, 0.3) is 0 Å². The molecule has 21 heavy (non-hydrogen) atoms.